The summed E-state index contributed by atoms with van der Waals surface area (Å²) in [6.07, 6.45) is -2.57. The zero-order chi connectivity index (χ0) is 24.2. The number of thiophene rings is 1. The minimum atomic E-state index is -4.43. The molecule has 0 saturated heterocycles. The van der Waals surface area contributed by atoms with E-state index in [4.69, 9.17) is 0 Å². The highest BCUT2D eigenvalue weighted by molar-refractivity contribution is 7.14. The predicted octanol–water partition coefficient (Wildman–Crippen LogP) is 6.12. The van der Waals surface area contributed by atoms with E-state index in [0.29, 0.717) is 21.6 Å². The van der Waals surface area contributed by atoms with Crippen LogP contribution in [0.25, 0.3) is 11.1 Å². The highest BCUT2D eigenvalue weighted by Gasteiger charge is 2.30. The number of halogens is 3. The summed E-state index contributed by atoms with van der Waals surface area (Å²) in [5.41, 5.74) is 1.99. The van der Waals surface area contributed by atoms with Crippen LogP contribution >= 0.6 is 11.3 Å². The Balaban J connectivity index is 1.72. The summed E-state index contributed by atoms with van der Waals surface area (Å²) in [4.78, 5) is 25.9. The number of hydrogen-bond acceptors (Lipinski definition) is 3. The minimum Gasteiger partial charge on any atom is -0.480 e. The van der Waals surface area contributed by atoms with E-state index in [2.05, 4.69) is 12.2 Å². The molecular formula is C25H24F3NO3S. The van der Waals surface area contributed by atoms with Gasteiger partial charge >= 0.3 is 12.1 Å². The topological polar surface area (TPSA) is 66.4 Å². The first-order valence-electron chi connectivity index (χ1n) is 10.5. The molecule has 3 aromatic rings. The number of carbonyl (C=O) groups is 2. The Morgan fingerprint density at radius 3 is 2.36 bits per heavy atom. The molecule has 3 rings (SSSR count). The minimum absolute atomic E-state index is 0.0517. The lowest BCUT2D eigenvalue weighted by Crippen LogP contribution is -2.42. The smallest absolute Gasteiger partial charge is 0.416 e. The number of nitrogens with one attached hydrogen (secondary N) is 1. The van der Waals surface area contributed by atoms with Gasteiger partial charge in [-0.3, -0.25) is 4.79 Å². The van der Waals surface area contributed by atoms with E-state index in [-0.39, 0.29) is 6.42 Å². The van der Waals surface area contributed by atoms with Crippen LogP contribution in [0.5, 0.6) is 0 Å². The molecule has 4 nitrogen and oxygen atoms in total. The Morgan fingerprint density at radius 1 is 1.06 bits per heavy atom. The number of aliphatic carboxylic acids is 1. The van der Waals surface area contributed by atoms with Crippen molar-refractivity contribution >= 4 is 23.2 Å². The van der Waals surface area contributed by atoms with Gasteiger partial charge in [0.1, 0.15) is 6.04 Å². The van der Waals surface area contributed by atoms with E-state index >= 15 is 0 Å². The normalized spacial score (nSPS) is 12.4. The number of hydrogen-bond donors (Lipinski definition) is 2. The molecule has 1 heterocycles. The zero-order valence-electron chi connectivity index (χ0n) is 18.2. The molecule has 0 aliphatic rings. The molecule has 1 amide bonds. The van der Waals surface area contributed by atoms with Gasteiger partial charge in [0.05, 0.1) is 10.4 Å². The number of carboxylic acid groups (broad SMARTS) is 1. The van der Waals surface area contributed by atoms with Crippen molar-refractivity contribution in [3.63, 3.8) is 0 Å². The van der Waals surface area contributed by atoms with Gasteiger partial charge in [0.15, 0.2) is 0 Å². The fourth-order valence-electron chi connectivity index (χ4n) is 3.52. The number of benzene rings is 2. The van der Waals surface area contributed by atoms with Crippen LogP contribution < -0.4 is 5.32 Å². The van der Waals surface area contributed by atoms with Gasteiger partial charge in [-0.1, -0.05) is 49.7 Å². The monoisotopic (exact) mass is 475 g/mol. The first kappa shape index (κ1) is 24.5. The maximum Gasteiger partial charge on any atom is 0.416 e. The van der Waals surface area contributed by atoms with Crippen LogP contribution in [-0.4, -0.2) is 23.0 Å². The van der Waals surface area contributed by atoms with Gasteiger partial charge in [0, 0.05) is 11.3 Å². The quantitative estimate of drug-likeness (QED) is 0.412. The summed E-state index contributed by atoms with van der Waals surface area (Å²) in [7, 11) is 0. The number of carboxylic acids is 1. The lowest BCUT2D eigenvalue weighted by Gasteiger charge is -2.15. The summed E-state index contributed by atoms with van der Waals surface area (Å²) in [6.45, 7) is 3.99. The van der Waals surface area contributed by atoms with Crippen LogP contribution in [0, 0.1) is 6.92 Å². The fourth-order valence-corrected chi connectivity index (χ4v) is 4.50. The van der Waals surface area contributed by atoms with Crippen molar-refractivity contribution in [1.29, 1.82) is 0 Å². The first-order chi connectivity index (χ1) is 15.6. The molecule has 0 aliphatic carbocycles. The van der Waals surface area contributed by atoms with E-state index in [1.54, 1.807) is 30.3 Å². The molecule has 33 heavy (non-hydrogen) atoms. The second-order valence-electron chi connectivity index (χ2n) is 7.79. The molecule has 0 fully saturated rings. The average Bonchev–Trinajstić information content (AvgIpc) is 3.14. The third-order valence-corrected chi connectivity index (χ3v) is 6.38. The SMILES string of the molecule is CCCc1cc(C(=O)N[C@@H](Cc2ccc(-c3cccc(C(F)(F)F)c3)cc2)C(=O)O)sc1C. The summed E-state index contributed by atoms with van der Waals surface area (Å²) in [5.74, 6) is -1.59. The van der Waals surface area contributed by atoms with Crippen LogP contribution in [0.1, 0.15) is 44.6 Å². The van der Waals surface area contributed by atoms with Crippen molar-refractivity contribution in [3.05, 3.63) is 81.0 Å². The highest BCUT2D eigenvalue weighted by Crippen LogP contribution is 2.32. The van der Waals surface area contributed by atoms with Crippen molar-refractivity contribution in [1.82, 2.24) is 5.32 Å². The summed E-state index contributed by atoms with van der Waals surface area (Å²) >= 11 is 1.34. The van der Waals surface area contributed by atoms with Gasteiger partial charge in [-0.05, 0) is 53.8 Å². The predicted molar refractivity (Wildman–Crippen MR) is 123 cm³/mol. The average molecular weight is 476 g/mol. The highest BCUT2D eigenvalue weighted by atomic mass is 32.1. The van der Waals surface area contributed by atoms with Crippen LogP contribution in [-0.2, 0) is 23.8 Å². The number of carbonyl (C=O) groups excluding carboxylic acids is 1. The molecule has 8 heteroatoms. The molecule has 0 bridgehead atoms. The lowest BCUT2D eigenvalue weighted by molar-refractivity contribution is -0.139. The van der Waals surface area contributed by atoms with Gasteiger partial charge in [-0.25, -0.2) is 4.79 Å². The second-order valence-corrected chi connectivity index (χ2v) is 9.04. The molecular weight excluding hydrogens is 451 g/mol. The standard InChI is InChI=1S/C25H24F3NO3S/c1-3-5-18-14-22(33-15(18)2)23(30)29-21(24(31)32)12-16-8-10-17(11-9-16)19-6-4-7-20(13-19)25(26,27)28/h4,6-11,13-14,21H,3,5,12H2,1-2H3,(H,29,30)(H,31,32)/t21-/m0/s1. The number of amides is 1. The van der Waals surface area contributed by atoms with Gasteiger partial charge in [-0.2, -0.15) is 13.2 Å². The Hall–Kier alpha value is -3.13. The molecule has 1 atom stereocenters. The van der Waals surface area contributed by atoms with Crippen LogP contribution in [0.15, 0.2) is 54.6 Å². The van der Waals surface area contributed by atoms with Crippen molar-refractivity contribution < 1.29 is 27.9 Å². The molecule has 0 aliphatic heterocycles. The number of rotatable bonds is 8. The second kappa shape index (κ2) is 10.2. The third-order valence-electron chi connectivity index (χ3n) is 5.28. The van der Waals surface area contributed by atoms with Crippen molar-refractivity contribution in [2.75, 3.05) is 0 Å². The maximum absolute atomic E-state index is 13.0. The number of alkyl halides is 3. The summed E-state index contributed by atoms with van der Waals surface area (Å²) in [6, 6.07) is 12.3. The zero-order valence-corrected chi connectivity index (χ0v) is 19.0. The summed E-state index contributed by atoms with van der Waals surface area (Å²) in [5, 5.41) is 12.2. The molecule has 0 radical (unpaired) electrons. The van der Waals surface area contributed by atoms with Crippen molar-refractivity contribution in [2.24, 2.45) is 0 Å². The van der Waals surface area contributed by atoms with E-state index in [9.17, 15) is 27.9 Å². The van der Waals surface area contributed by atoms with Crippen molar-refractivity contribution in [2.45, 2.75) is 45.3 Å². The molecule has 0 unspecified atom stereocenters. The largest absolute Gasteiger partial charge is 0.480 e. The van der Waals surface area contributed by atoms with E-state index in [1.165, 1.54) is 17.4 Å². The van der Waals surface area contributed by atoms with E-state index in [1.807, 2.05) is 13.0 Å². The van der Waals surface area contributed by atoms with Crippen LogP contribution in [0.3, 0.4) is 0 Å². The lowest BCUT2D eigenvalue weighted by atomic mass is 9.99. The third kappa shape index (κ3) is 6.22. The van der Waals surface area contributed by atoms with Gasteiger partial charge in [-0.15, -0.1) is 11.3 Å². The molecule has 0 spiro atoms. The Morgan fingerprint density at radius 2 is 1.76 bits per heavy atom. The first-order valence-corrected chi connectivity index (χ1v) is 11.3. The van der Waals surface area contributed by atoms with Crippen molar-refractivity contribution in [3.8, 4) is 11.1 Å². The van der Waals surface area contributed by atoms with E-state index in [0.717, 1.165) is 35.4 Å². The van der Waals surface area contributed by atoms with Crippen LogP contribution in [0.2, 0.25) is 0 Å². The molecule has 0 saturated carbocycles. The summed E-state index contributed by atoms with van der Waals surface area (Å²) < 4.78 is 38.9. The van der Waals surface area contributed by atoms with E-state index < -0.39 is 29.7 Å². The Bertz CT molecular complexity index is 1140. The number of aryl methyl sites for hydroxylation is 2. The van der Waals surface area contributed by atoms with Crippen LogP contribution in [0.4, 0.5) is 13.2 Å². The molecule has 2 N–H and O–H groups in total. The Labute approximate surface area is 194 Å². The molecule has 174 valence electrons. The molecule has 2 aromatic carbocycles. The molecule has 1 aromatic heterocycles. The van der Waals surface area contributed by atoms with Gasteiger partial charge < -0.3 is 10.4 Å². The van der Waals surface area contributed by atoms with Gasteiger partial charge in [0.2, 0.25) is 0 Å². The fraction of sp³-hybridized carbons (Fsp3) is 0.280. The Kier molecular flexibility index (Phi) is 7.58. The van der Waals surface area contributed by atoms with Gasteiger partial charge in [0.25, 0.3) is 5.91 Å². The maximum atomic E-state index is 13.0.